The molecule has 0 amide bonds. The zero-order chi connectivity index (χ0) is 57.7. The van der Waals surface area contributed by atoms with Crippen molar-refractivity contribution in [2.75, 3.05) is 90.6 Å². The van der Waals surface area contributed by atoms with Crippen LogP contribution in [0, 0.1) is 5.92 Å². The van der Waals surface area contributed by atoms with Crippen molar-refractivity contribution in [1.82, 2.24) is 29.3 Å². The molecule has 3 aliphatic heterocycles. The molecule has 1 saturated carbocycles. The van der Waals surface area contributed by atoms with Gasteiger partial charge < -0.3 is 47.8 Å². The molecule has 4 aliphatic rings. The third-order valence-electron chi connectivity index (χ3n) is 15.1. The lowest BCUT2D eigenvalue weighted by Gasteiger charge is -2.36. The van der Waals surface area contributed by atoms with Crippen LogP contribution in [0.5, 0.6) is 28.9 Å². The lowest BCUT2D eigenvalue weighted by molar-refractivity contribution is -0.152. The third kappa shape index (κ3) is 16.9. The van der Waals surface area contributed by atoms with E-state index in [1.54, 1.807) is 40.6 Å². The van der Waals surface area contributed by atoms with Gasteiger partial charge in [0.2, 0.25) is 23.4 Å². The number of unbranched alkanes of at least 4 members (excludes halogenated alkanes) is 2. The fraction of sp³-hybridized carbons (Fsp3) is 0.542. The van der Waals surface area contributed by atoms with E-state index in [2.05, 4.69) is 66.0 Å². The highest BCUT2D eigenvalue weighted by Gasteiger charge is 2.50. The number of nitrogens with one attached hydrogen (secondary N) is 2. The molecule has 9 rings (SSSR count). The lowest BCUT2D eigenvalue weighted by Crippen LogP contribution is -2.50. The molecule has 2 unspecified atom stereocenters. The molecule has 2 aromatic heterocycles. The zero-order valence-electron chi connectivity index (χ0n) is 48.3. The van der Waals surface area contributed by atoms with Crippen LogP contribution in [0.15, 0.2) is 89.5 Å². The summed E-state index contributed by atoms with van der Waals surface area (Å²) in [7, 11) is 6.14. The number of aryl methyl sites for hydroxylation is 1. The average molecular weight is 1140 g/mol. The summed E-state index contributed by atoms with van der Waals surface area (Å²) in [5.41, 5.74) is 3.17. The molecule has 0 radical (unpaired) electrons. The van der Waals surface area contributed by atoms with Crippen molar-refractivity contribution in [2.45, 2.75) is 128 Å². The van der Waals surface area contributed by atoms with Crippen LogP contribution in [0.2, 0.25) is 0 Å². The number of carbonyl (C=O) groups is 2. The van der Waals surface area contributed by atoms with Crippen LogP contribution in [0.25, 0.3) is 0 Å². The fourth-order valence-electron chi connectivity index (χ4n) is 10.8. The van der Waals surface area contributed by atoms with E-state index >= 15 is 0 Å². The standard InChI is InChI=1S/C22H34N2O5.C19H23N3O5S.C18H26N4O2/c1-5-6-7-10-29-22(25)20-15-8-9-17(11-15)24(20)14-23-16-12-18(26-2)21(28-4)19(13-16)27-3;1-26-18-11-10-16(13-20-18)21-28(24,25)22-12-6-5-9-17(22)19(23)27-14-15-7-3-2-4-8-15;1-4-17-19-20-18(24-17)16-7-5-6-12-22(16)13-21(2)14-8-10-15(23-3)11-9-14/h12-13,15,17,20,23H,5-11,14H2,1-4H3;2-4,7-8,10-11,13,17,21H,5-6,9,12,14H2,1H3;8-11,16H,4-7,12-13H2,1-3H3/t15?,17?,20-;17-;16-/m000/s1. The molecule has 21 nitrogen and oxygen atoms in total. The number of benzene rings is 3. The Morgan fingerprint density at radius 3 is 2.16 bits per heavy atom. The summed E-state index contributed by atoms with van der Waals surface area (Å²) in [6, 6.07) is 24.0. The number of likely N-dealkylation sites (tertiary alicyclic amines) is 2. The Bertz CT molecular complexity index is 2800. The summed E-state index contributed by atoms with van der Waals surface area (Å²) >= 11 is 0. The summed E-state index contributed by atoms with van der Waals surface area (Å²) < 4.78 is 72.6. The van der Waals surface area contributed by atoms with Crippen molar-refractivity contribution in [3.63, 3.8) is 0 Å². The normalized spacial score (nSPS) is 19.9. The molecule has 2 N–H and O–H groups in total. The summed E-state index contributed by atoms with van der Waals surface area (Å²) in [5, 5.41) is 11.8. The van der Waals surface area contributed by atoms with Crippen LogP contribution in [0.3, 0.4) is 0 Å². The predicted octanol–water partition coefficient (Wildman–Crippen LogP) is 9.27. The first-order chi connectivity index (χ1) is 39.3. The van der Waals surface area contributed by atoms with Crippen molar-refractivity contribution in [2.24, 2.45) is 5.92 Å². The summed E-state index contributed by atoms with van der Waals surface area (Å²) in [4.78, 5) is 36.3. The molecular weight excluding hydrogens is 1060 g/mol. The number of ether oxygens (including phenoxy) is 7. The molecular formula is C59H83N9O12S. The Kier molecular flexibility index (Phi) is 23.5. The number of piperidine rings is 3. The first-order valence-corrected chi connectivity index (χ1v) is 29.6. The number of methoxy groups -OCH3 is 5. The van der Waals surface area contributed by atoms with E-state index in [0.29, 0.717) is 66.9 Å². The first-order valence-electron chi connectivity index (χ1n) is 28.2. The van der Waals surface area contributed by atoms with Gasteiger partial charge in [0.15, 0.2) is 11.5 Å². The third-order valence-corrected chi connectivity index (χ3v) is 16.7. The second-order valence-corrected chi connectivity index (χ2v) is 22.1. The predicted molar refractivity (Wildman–Crippen MR) is 309 cm³/mol. The molecule has 3 aromatic carbocycles. The molecule has 5 atom stereocenters. The van der Waals surface area contributed by atoms with Gasteiger partial charge in [0.1, 0.15) is 24.4 Å². The van der Waals surface area contributed by atoms with Crippen LogP contribution in [0.1, 0.15) is 114 Å². The van der Waals surface area contributed by atoms with Gasteiger partial charge in [-0.25, -0.2) is 4.98 Å². The van der Waals surface area contributed by atoms with E-state index < -0.39 is 22.2 Å². The van der Waals surface area contributed by atoms with Crippen LogP contribution in [-0.4, -0.2) is 143 Å². The number of hydrogen-bond donors (Lipinski definition) is 2. The maximum absolute atomic E-state index is 12.8. The van der Waals surface area contributed by atoms with Crippen molar-refractivity contribution in [1.29, 1.82) is 0 Å². The minimum Gasteiger partial charge on any atom is -0.497 e. The second-order valence-electron chi connectivity index (χ2n) is 20.5. The molecule has 22 heteroatoms. The number of anilines is 3. The number of rotatable bonds is 24. The Labute approximate surface area is 478 Å². The summed E-state index contributed by atoms with van der Waals surface area (Å²) in [6.45, 7) is 7.53. The molecule has 442 valence electrons. The van der Waals surface area contributed by atoms with Gasteiger partial charge in [-0.3, -0.25) is 24.1 Å². The zero-order valence-corrected chi connectivity index (χ0v) is 49.2. The molecule has 3 saturated heterocycles. The van der Waals surface area contributed by atoms with E-state index in [1.807, 2.05) is 61.5 Å². The van der Waals surface area contributed by atoms with E-state index in [0.717, 1.165) is 99.8 Å². The number of carbonyl (C=O) groups excluding carboxylic acids is 2. The van der Waals surface area contributed by atoms with Crippen molar-refractivity contribution >= 4 is 39.2 Å². The van der Waals surface area contributed by atoms with Gasteiger partial charge in [0.25, 0.3) is 0 Å². The van der Waals surface area contributed by atoms with E-state index in [4.69, 9.17) is 37.6 Å². The molecule has 0 spiro atoms. The van der Waals surface area contributed by atoms with Gasteiger partial charge >= 0.3 is 22.1 Å². The van der Waals surface area contributed by atoms with Gasteiger partial charge in [-0.15, -0.1) is 10.2 Å². The van der Waals surface area contributed by atoms with Crippen LogP contribution < -0.4 is 38.6 Å². The number of hydrogen-bond acceptors (Lipinski definition) is 19. The van der Waals surface area contributed by atoms with Crippen molar-refractivity contribution in [3.8, 4) is 28.9 Å². The van der Waals surface area contributed by atoms with E-state index in [-0.39, 0.29) is 31.2 Å². The van der Waals surface area contributed by atoms with Crippen molar-refractivity contribution in [3.05, 3.63) is 102 Å². The SMILES string of the molecule is CCCCCOC(=O)[C@@H]1C2CCC(C2)N1CNc1cc(OC)c(OC)c(OC)c1.CCc1nnc([C@@H]2CCCCN2CN(C)c2ccc(OC)cc2)o1.COc1ccc(NS(=O)(=O)N2CCCC[C@H]2C(=O)OCc2ccccc2)cn1. The van der Waals surface area contributed by atoms with Gasteiger partial charge in [-0.2, -0.15) is 12.7 Å². The largest absolute Gasteiger partial charge is 0.497 e. The Balaban J connectivity index is 0.000000176. The molecule has 81 heavy (non-hydrogen) atoms. The Morgan fingerprint density at radius 2 is 1.51 bits per heavy atom. The highest BCUT2D eigenvalue weighted by molar-refractivity contribution is 7.90. The summed E-state index contributed by atoms with van der Waals surface area (Å²) in [5.74, 6) is 4.29. The van der Waals surface area contributed by atoms with Gasteiger partial charge in [-0.05, 0) is 99.6 Å². The van der Waals surface area contributed by atoms with Crippen LogP contribution in [-0.2, 0) is 42.3 Å². The minimum absolute atomic E-state index is 0.0694. The number of pyridine rings is 1. The monoisotopic (exact) mass is 1140 g/mol. The lowest BCUT2D eigenvalue weighted by atomic mass is 9.99. The molecule has 2 bridgehead atoms. The van der Waals surface area contributed by atoms with Gasteiger partial charge in [0, 0.05) is 62.2 Å². The molecule has 1 aliphatic carbocycles. The number of nitrogens with zero attached hydrogens (tertiary/aromatic N) is 7. The number of aromatic nitrogens is 3. The highest BCUT2D eigenvalue weighted by atomic mass is 32.2. The Morgan fingerprint density at radius 1 is 0.765 bits per heavy atom. The van der Waals surface area contributed by atoms with Crippen LogP contribution >= 0.6 is 0 Å². The highest BCUT2D eigenvalue weighted by Crippen LogP contribution is 2.44. The smallest absolute Gasteiger partial charge is 0.324 e. The van der Waals surface area contributed by atoms with Gasteiger partial charge in [-0.1, -0.05) is 63.4 Å². The minimum atomic E-state index is -3.93. The number of esters is 2. The first kappa shape index (κ1) is 61.7. The fourth-order valence-corrected chi connectivity index (χ4v) is 12.2. The number of fused-ring (bicyclic) bond motifs is 2. The topological polar surface area (TPSA) is 222 Å². The van der Waals surface area contributed by atoms with E-state index in [9.17, 15) is 18.0 Å². The quantitative estimate of drug-likeness (QED) is 0.0434. The molecule has 4 fully saturated rings. The summed E-state index contributed by atoms with van der Waals surface area (Å²) in [6.07, 6.45) is 14.0. The van der Waals surface area contributed by atoms with Crippen molar-refractivity contribution < 1.29 is 55.6 Å². The van der Waals surface area contributed by atoms with Crippen LogP contribution in [0.4, 0.5) is 17.1 Å². The average Bonchev–Trinajstić information content (AvgIpc) is 4.50. The van der Waals surface area contributed by atoms with E-state index in [1.165, 1.54) is 36.1 Å². The van der Waals surface area contributed by atoms with Gasteiger partial charge in [0.05, 0.1) is 73.4 Å². The maximum Gasteiger partial charge on any atom is 0.324 e. The Hall–Kier alpha value is -6.88. The second kappa shape index (κ2) is 30.8. The molecule has 5 aromatic rings. The maximum atomic E-state index is 12.8. The molecule has 5 heterocycles.